The molecular weight excluding hydrogens is 542 g/mol. The highest BCUT2D eigenvalue weighted by Crippen LogP contribution is 2.22. The van der Waals surface area contributed by atoms with Gasteiger partial charge in [-0.3, -0.25) is 13.9 Å². The number of anilines is 1. The van der Waals surface area contributed by atoms with E-state index in [1.54, 1.807) is 24.3 Å². The number of carbonyl (C=O) groups is 2. The van der Waals surface area contributed by atoms with Crippen molar-refractivity contribution in [2.24, 2.45) is 0 Å². The summed E-state index contributed by atoms with van der Waals surface area (Å²) in [5.41, 5.74) is 3.12. The average molecular weight is 573 g/mol. The highest BCUT2D eigenvalue weighted by Gasteiger charge is 2.32. The van der Waals surface area contributed by atoms with Crippen LogP contribution in [0.5, 0.6) is 0 Å². The number of sulfonamides is 1. The van der Waals surface area contributed by atoms with Gasteiger partial charge in [0.1, 0.15) is 12.6 Å². The lowest BCUT2D eigenvalue weighted by Crippen LogP contribution is -2.52. The minimum absolute atomic E-state index is 0.156. The molecule has 3 rings (SSSR count). The number of hydrogen-bond acceptors (Lipinski definition) is 4. The first-order valence-electron chi connectivity index (χ1n) is 11.4. The van der Waals surface area contributed by atoms with Crippen molar-refractivity contribution < 1.29 is 18.0 Å². The fraction of sp³-hybridized carbons (Fsp3) is 0.259. The average Bonchev–Trinajstić information content (AvgIpc) is 2.84. The molecule has 7 nitrogen and oxygen atoms in total. The van der Waals surface area contributed by atoms with E-state index in [1.807, 2.05) is 61.5 Å². The first-order valence-corrected chi connectivity index (χ1v) is 14.1. The number of nitrogens with one attached hydrogen (secondary N) is 1. The highest BCUT2D eigenvalue weighted by molar-refractivity contribution is 9.10. The molecule has 0 radical (unpaired) electrons. The molecule has 190 valence electrons. The molecule has 2 amide bonds. The molecule has 0 heterocycles. The monoisotopic (exact) mass is 571 g/mol. The van der Waals surface area contributed by atoms with Gasteiger partial charge in [-0.1, -0.05) is 76.1 Å². The standard InChI is InChI=1S/C27H30BrN3O4S/c1-20-8-7-11-22(16-20)18-30(25(27(33)29-2)17-21-9-5-4-6-10-21)26(32)19-31(36(3,34)35)24-14-12-23(28)13-15-24/h4-16,25H,17-19H2,1-3H3,(H,29,33). The number of aryl methyl sites for hydroxylation is 1. The Hall–Kier alpha value is -3.17. The van der Waals surface area contributed by atoms with Gasteiger partial charge >= 0.3 is 0 Å². The molecule has 0 saturated heterocycles. The van der Waals surface area contributed by atoms with Gasteiger partial charge in [-0.2, -0.15) is 0 Å². The second-order valence-electron chi connectivity index (χ2n) is 8.58. The summed E-state index contributed by atoms with van der Waals surface area (Å²) in [6, 6.07) is 23.0. The molecule has 1 N–H and O–H groups in total. The normalized spacial score (nSPS) is 12.0. The van der Waals surface area contributed by atoms with E-state index >= 15 is 0 Å². The van der Waals surface area contributed by atoms with Gasteiger partial charge in [-0.15, -0.1) is 0 Å². The maximum Gasteiger partial charge on any atom is 0.244 e. The summed E-state index contributed by atoms with van der Waals surface area (Å²) in [5.74, 6) is -0.802. The first kappa shape index (κ1) is 27.4. The highest BCUT2D eigenvalue weighted by atomic mass is 79.9. The van der Waals surface area contributed by atoms with E-state index in [2.05, 4.69) is 21.2 Å². The Morgan fingerprint density at radius 3 is 2.17 bits per heavy atom. The molecule has 0 aliphatic rings. The van der Waals surface area contributed by atoms with Gasteiger partial charge in [0.15, 0.2) is 0 Å². The molecule has 0 spiro atoms. The Balaban J connectivity index is 2.02. The van der Waals surface area contributed by atoms with E-state index < -0.39 is 28.5 Å². The molecule has 1 atom stereocenters. The summed E-state index contributed by atoms with van der Waals surface area (Å²) in [7, 11) is -2.25. The maximum absolute atomic E-state index is 13.8. The molecular formula is C27H30BrN3O4S. The molecule has 0 aliphatic carbocycles. The molecule has 0 fully saturated rings. The van der Waals surface area contributed by atoms with Crippen LogP contribution in [-0.2, 0) is 32.6 Å². The van der Waals surface area contributed by atoms with Crippen LogP contribution in [-0.4, -0.2) is 51.0 Å². The summed E-state index contributed by atoms with van der Waals surface area (Å²) in [4.78, 5) is 28.3. The van der Waals surface area contributed by atoms with Crippen LogP contribution in [0.1, 0.15) is 16.7 Å². The lowest BCUT2D eigenvalue weighted by atomic mass is 10.0. The third kappa shape index (κ3) is 7.41. The van der Waals surface area contributed by atoms with E-state index in [1.165, 1.54) is 11.9 Å². The minimum Gasteiger partial charge on any atom is -0.357 e. The Bertz CT molecular complexity index is 1300. The van der Waals surface area contributed by atoms with Crippen molar-refractivity contribution in [1.82, 2.24) is 10.2 Å². The van der Waals surface area contributed by atoms with Crippen molar-refractivity contribution in [1.29, 1.82) is 0 Å². The second-order valence-corrected chi connectivity index (χ2v) is 11.4. The predicted octanol–water partition coefficient (Wildman–Crippen LogP) is 3.91. The number of hydrogen-bond donors (Lipinski definition) is 1. The van der Waals surface area contributed by atoms with Crippen molar-refractivity contribution in [2.75, 3.05) is 24.2 Å². The van der Waals surface area contributed by atoms with Crippen molar-refractivity contribution in [2.45, 2.75) is 25.9 Å². The number of likely N-dealkylation sites (N-methyl/N-ethyl adjacent to an activating group) is 1. The molecule has 9 heteroatoms. The van der Waals surface area contributed by atoms with Gasteiger partial charge in [-0.05, 0) is 42.3 Å². The van der Waals surface area contributed by atoms with Gasteiger partial charge in [-0.25, -0.2) is 8.42 Å². The van der Waals surface area contributed by atoms with Gasteiger partial charge in [0.25, 0.3) is 0 Å². The van der Waals surface area contributed by atoms with Crippen molar-refractivity contribution in [3.05, 3.63) is 100 Å². The minimum atomic E-state index is -3.78. The molecule has 3 aromatic carbocycles. The number of benzene rings is 3. The van der Waals surface area contributed by atoms with E-state index in [9.17, 15) is 18.0 Å². The number of amides is 2. The second kappa shape index (κ2) is 12.2. The summed E-state index contributed by atoms with van der Waals surface area (Å²) in [5, 5.41) is 2.67. The van der Waals surface area contributed by atoms with Crippen molar-refractivity contribution in [3.63, 3.8) is 0 Å². The van der Waals surface area contributed by atoms with Crippen molar-refractivity contribution in [3.8, 4) is 0 Å². The maximum atomic E-state index is 13.8. The number of carbonyl (C=O) groups excluding carboxylic acids is 2. The molecule has 1 unspecified atom stereocenters. The van der Waals surface area contributed by atoms with Crippen LogP contribution >= 0.6 is 15.9 Å². The van der Waals surface area contributed by atoms with Crippen LogP contribution in [0.15, 0.2) is 83.3 Å². The zero-order chi connectivity index (χ0) is 26.3. The van der Waals surface area contributed by atoms with Crippen LogP contribution in [0.2, 0.25) is 0 Å². The number of rotatable bonds is 10. The lowest BCUT2D eigenvalue weighted by Gasteiger charge is -2.33. The van der Waals surface area contributed by atoms with Crippen LogP contribution in [0.4, 0.5) is 5.69 Å². The Morgan fingerprint density at radius 1 is 0.944 bits per heavy atom. The third-order valence-electron chi connectivity index (χ3n) is 5.75. The van der Waals surface area contributed by atoms with Crippen LogP contribution in [0.3, 0.4) is 0 Å². The molecule has 0 saturated carbocycles. The van der Waals surface area contributed by atoms with Gasteiger partial charge in [0.2, 0.25) is 21.8 Å². The van der Waals surface area contributed by atoms with Crippen LogP contribution < -0.4 is 9.62 Å². The van der Waals surface area contributed by atoms with Crippen molar-refractivity contribution >= 4 is 43.5 Å². The third-order valence-corrected chi connectivity index (χ3v) is 7.42. The van der Waals surface area contributed by atoms with E-state index in [0.29, 0.717) is 5.69 Å². The Morgan fingerprint density at radius 2 is 1.58 bits per heavy atom. The predicted molar refractivity (Wildman–Crippen MR) is 146 cm³/mol. The quantitative estimate of drug-likeness (QED) is 0.399. The summed E-state index contributed by atoms with van der Waals surface area (Å²) >= 11 is 3.35. The zero-order valence-corrected chi connectivity index (χ0v) is 22.9. The first-order chi connectivity index (χ1) is 17.1. The summed E-state index contributed by atoms with van der Waals surface area (Å²) < 4.78 is 27.2. The van der Waals surface area contributed by atoms with Crippen LogP contribution in [0.25, 0.3) is 0 Å². The van der Waals surface area contributed by atoms with E-state index in [-0.39, 0.29) is 18.9 Å². The van der Waals surface area contributed by atoms with E-state index in [0.717, 1.165) is 31.7 Å². The summed E-state index contributed by atoms with van der Waals surface area (Å²) in [6.45, 7) is 1.67. The number of halogens is 1. The van der Waals surface area contributed by atoms with E-state index in [4.69, 9.17) is 0 Å². The van der Waals surface area contributed by atoms with Gasteiger partial charge in [0.05, 0.1) is 11.9 Å². The topological polar surface area (TPSA) is 86.8 Å². The SMILES string of the molecule is CNC(=O)C(Cc1ccccc1)N(Cc1cccc(C)c1)C(=O)CN(c1ccc(Br)cc1)S(C)(=O)=O. The zero-order valence-electron chi connectivity index (χ0n) is 20.5. The molecule has 3 aromatic rings. The van der Waals surface area contributed by atoms with Gasteiger partial charge < -0.3 is 10.2 Å². The number of nitrogens with zero attached hydrogens (tertiary/aromatic N) is 2. The summed E-state index contributed by atoms with van der Waals surface area (Å²) in [6.07, 6.45) is 1.35. The molecule has 0 bridgehead atoms. The smallest absolute Gasteiger partial charge is 0.244 e. The Labute approximate surface area is 221 Å². The lowest BCUT2D eigenvalue weighted by molar-refractivity contribution is -0.139. The fourth-order valence-electron chi connectivity index (χ4n) is 3.95. The fourth-order valence-corrected chi connectivity index (χ4v) is 5.06. The van der Waals surface area contributed by atoms with Gasteiger partial charge in [0, 0.05) is 24.5 Å². The molecule has 0 aromatic heterocycles. The molecule has 0 aliphatic heterocycles. The molecule has 36 heavy (non-hydrogen) atoms. The largest absolute Gasteiger partial charge is 0.357 e. The van der Waals surface area contributed by atoms with Crippen LogP contribution in [0, 0.1) is 6.92 Å². The Kier molecular flexibility index (Phi) is 9.28.